The van der Waals surface area contributed by atoms with Gasteiger partial charge in [-0.1, -0.05) is 6.07 Å². The van der Waals surface area contributed by atoms with Crippen LogP contribution in [0.25, 0.3) is 0 Å². The summed E-state index contributed by atoms with van der Waals surface area (Å²) in [4.78, 5) is 14.8. The molecule has 0 aromatic heterocycles. The Morgan fingerprint density at radius 1 is 1.40 bits per heavy atom. The Labute approximate surface area is 85.0 Å². The van der Waals surface area contributed by atoms with Gasteiger partial charge < -0.3 is 5.73 Å². The molecule has 0 saturated heterocycles. The minimum absolute atomic E-state index is 0.151. The summed E-state index contributed by atoms with van der Waals surface area (Å²) in [6, 6.07) is 3.53. The molecule has 0 unspecified atom stereocenters. The highest BCUT2D eigenvalue weighted by Gasteiger charge is 2.07. The number of nitrogens with one attached hydrogen (secondary N) is 1. The number of nitrogens with two attached hydrogens (primary N) is 1. The van der Waals surface area contributed by atoms with Crippen LogP contribution in [0.5, 0.6) is 0 Å². The predicted octanol–water partition coefficient (Wildman–Crippen LogP) is 0.471. The molecule has 0 fully saturated rings. The van der Waals surface area contributed by atoms with E-state index >= 15 is 0 Å². The van der Waals surface area contributed by atoms with Crippen LogP contribution in [0.2, 0.25) is 0 Å². The number of hydrogen-bond acceptors (Lipinski definition) is 3. The molecule has 0 aliphatic rings. The fraction of sp³-hybridized carbons (Fsp3) is 0.222. The topological polar surface area (TPSA) is 64.4 Å². The van der Waals surface area contributed by atoms with E-state index in [1.807, 2.05) is 0 Å². The monoisotopic (exact) mass is 216 g/mol. The van der Waals surface area contributed by atoms with Crippen LogP contribution in [-0.2, 0) is 16.2 Å². The van der Waals surface area contributed by atoms with Crippen LogP contribution < -0.4 is 11.2 Å². The molecule has 1 aromatic rings. The third-order valence-electron chi connectivity index (χ3n) is 1.63. The first-order valence-corrected chi connectivity index (χ1v) is 4.17. The molecule has 1 amide bonds. The number of halogens is 2. The number of hydrogen-bond donors (Lipinski definition) is 2. The maximum Gasteiger partial charge on any atom is 0.245 e. The Balaban J connectivity index is 2.47. The van der Waals surface area contributed by atoms with E-state index in [2.05, 4.69) is 10.3 Å². The number of benzene rings is 1. The molecule has 15 heavy (non-hydrogen) atoms. The van der Waals surface area contributed by atoms with E-state index in [-0.39, 0.29) is 18.7 Å². The van der Waals surface area contributed by atoms with Crippen LogP contribution >= 0.6 is 0 Å². The first-order valence-electron chi connectivity index (χ1n) is 4.17. The van der Waals surface area contributed by atoms with Gasteiger partial charge in [-0.2, -0.15) is 5.48 Å². The lowest BCUT2D eigenvalue weighted by Crippen LogP contribution is -2.25. The van der Waals surface area contributed by atoms with E-state index < -0.39 is 17.5 Å². The fourth-order valence-corrected chi connectivity index (χ4v) is 0.947. The second-order valence-electron chi connectivity index (χ2n) is 2.78. The van der Waals surface area contributed by atoms with Crippen molar-refractivity contribution in [1.82, 2.24) is 5.48 Å². The largest absolute Gasteiger partial charge is 0.368 e. The molecule has 0 bridgehead atoms. The Bertz CT molecular complexity index is 338. The Kier molecular flexibility index (Phi) is 4.14. The van der Waals surface area contributed by atoms with Gasteiger partial charge in [-0.05, 0) is 12.1 Å². The molecule has 4 nitrogen and oxygen atoms in total. The highest BCUT2D eigenvalue weighted by Crippen LogP contribution is 2.11. The van der Waals surface area contributed by atoms with Crippen molar-refractivity contribution in [3.05, 3.63) is 35.4 Å². The van der Waals surface area contributed by atoms with Crippen molar-refractivity contribution in [3.8, 4) is 0 Å². The average Bonchev–Trinajstić information content (AvgIpc) is 2.15. The summed E-state index contributed by atoms with van der Waals surface area (Å²) in [5, 5.41) is 0. The summed E-state index contributed by atoms with van der Waals surface area (Å²) in [7, 11) is 0. The first-order chi connectivity index (χ1) is 7.11. The quantitative estimate of drug-likeness (QED) is 0.555. The number of hydroxylamine groups is 1. The molecule has 0 heterocycles. The van der Waals surface area contributed by atoms with Gasteiger partial charge in [0.1, 0.15) is 18.2 Å². The van der Waals surface area contributed by atoms with Crippen LogP contribution in [0.4, 0.5) is 8.78 Å². The minimum atomic E-state index is -0.676. The van der Waals surface area contributed by atoms with Crippen LogP contribution in [0, 0.1) is 11.6 Å². The van der Waals surface area contributed by atoms with Gasteiger partial charge in [-0.25, -0.2) is 8.78 Å². The second-order valence-corrected chi connectivity index (χ2v) is 2.78. The summed E-state index contributed by atoms with van der Waals surface area (Å²) in [5.74, 6) is -2.02. The number of rotatable bonds is 5. The molecule has 0 radical (unpaired) electrons. The van der Waals surface area contributed by atoms with Crippen molar-refractivity contribution in [1.29, 1.82) is 0 Å². The van der Waals surface area contributed by atoms with Gasteiger partial charge in [-0.15, -0.1) is 0 Å². The average molecular weight is 216 g/mol. The molecular weight excluding hydrogens is 206 g/mol. The van der Waals surface area contributed by atoms with Crippen molar-refractivity contribution in [2.45, 2.75) is 6.54 Å². The predicted molar refractivity (Wildman–Crippen MR) is 48.3 cm³/mol. The maximum atomic E-state index is 13.0. The number of carbonyl (C=O) groups is 1. The summed E-state index contributed by atoms with van der Waals surface area (Å²) in [5.41, 5.74) is 6.86. The van der Waals surface area contributed by atoms with E-state index in [1.54, 1.807) is 0 Å². The zero-order valence-corrected chi connectivity index (χ0v) is 7.80. The molecule has 1 rings (SSSR count). The normalized spacial score (nSPS) is 10.3. The maximum absolute atomic E-state index is 13.0. The van der Waals surface area contributed by atoms with Crippen LogP contribution in [-0.4, -0.2) is 12.5 Å². The van der Waals surface area contributed by atoms with Gasteiger partial charge >= 0.3 is 0 Å². The highest BCUT2D eigenvalue weighted by atomic mass is 19.1. The summed E-state index contributed by atoms with van der Waals surface area (Å²) in [6.45, 7) is -0.526. The van der Waals surface area contributed by atoms with Gasteiger partial charge in [0.2, 0.25) is 5.91 Å². The van der Waals surface area contributed by atoms with E-state index in [1.165, 1.54) is 6.07 Å². The smallest absolute Gasteiger partial charge is 0.245 e. The van der Waals surface area contributed by atoms with Crippen molar-refractivity contribution >= 4 is 5.91 Å². The second kappa shape index (κ2) is 5.38. The van der Waals surface area contributed by atoms with Crippen molar-refractivity contribution in [3.63, 3.8) is 0 Å². The van der Waals surface area contributed by atoms with Gasteiger partial charge in [0.25, 0.3) is 0 Å². The summed E-state index contributed by atoms with van der Waals surface area (Å²) >= 11 is 0. The molecule has 0 spiro atoms. The van der Waals surface area contributed by atoms with Crippen LogP contribution in [0.15, 0.2) is 18.2 Å². The van der Waals surface area contributed by atoms with Crippen molar-refractivity contribution < 1.29 is 18.4 Å². The zero-order valence-electron chi connectivity index (χ0n) is 7.80. The molecule has 6 heteroatoms. The molecule has 0 aliphatic carbocycles. The number of amides is 1. The molecule has 1 aromatic carbocycles. The lowest BCUT2D eigenvalue weighted by Gasteiger charge is -2.06. The zero-order chi connectivity index (χ0) is 11.3. The Hall–Kier alpha value is -1.53. The van der Waals surface area contributed by atoms with Gasteiger partial charge in [0, 0.05) is 5.56 Å². The molecule has 0 aliphatic heterocycles. The lowest BCUT2D eigenvalue weighted by atomic mass is 10.2. The van der Waals surface area contributed by atoms with E-state index in [9.17, 15) is 13.6 Å². The Morgan fingerprint density at radius 2 is 2.00 bits per heavy atom. The number of primary amides is 1. The van der Waals surface area contributed by atoms with Crippen molar-refractivity contribution in [2.24, 2.45) is 5.73 Å². The van der Waals surface area contributed by atoms with Crippen LogP contribution in [0.3, 0.4) is 0 Å². The third-order valence-corrected chi connectivity index (χ3v) is 1.63. The molecule has 3 N–H and O–H groups in total. The minimum Gasteiger partial charge on any atom is -0.368 e. The van der Waals surface area contributed by atoms with E-state index in [4.69, 9.17) is 5.73 Å². The molecule has 0 saturated carbocycles. The Morgan fingerprint density at radius 3 is 2.53 bits per heavy atom. The SMILES string of the molecule is NC(=O)CONCc1c(F)cccc1F. The molecular formula is C9H10F2N2O2. The summed E-state index contributed by atoms with van der Waals surface area (Å²) in [6.07, 6.45) is 0. The van der Waals surface area contributed by atoms with Gasteiger partial charge in [0.15, 0.2) is 0 Å². The fourth-order valence-electron chi connectivity index (χ4n) is 0.947. The van der Waals surface area contributed by atoms with E-state index in [0.717, 1.165) is 12.1 Å². The van der Waals surface area contributed by atoms with Gasteiger partial charge in [-0.3, -0.25) is 9.63 Å². The van der Waals surface area contributed by atoms with Crippen LogP contribution in [0.1, 0.15) is 5.56 Å². The molecule has 82 valence electrons. The van der Waals surface area contributed by atoms with Gasteiger partial charge in [0.05, 0.1) is 6.54 Å². The third kappa shape index (κ3) is 3.61. The first kappa shape index (κ1) is 11.5. The highest BCUT2D eigenvalue weighted by molar-refractivity contribution is 5.74. The standard InChI is InChI=1S/C9H10F2N2O2/c10-7-2-1-3-8(11)6(7)4-13-15-5-9(12)14/h1-3,13H,4-5H2,(H2,12,14). The lowest BCUT2D eigenvalue weighted by molar-refractivity contribution is -0.125. The summed E-state index contributed by atoms with van der Waals surface area (Å²) < 4.78 is 26.0. The molecule has 0 atom stereocenters. The number of carbonyl (C=O) groups excluding carboxylic acids is 1. The van der Waals surface area contributed by atoms with E-state index in [0.29, 0.717) is 0 Å². The van der Waals surface area contributed by atoms with Crippen molar-refractivity contribution in [2.75, 3.05) is 6.61 Å².